The van der Waals surface area contributed by atoms with Gasteiger partial charge in [-0.15, -0.1) is 0 Å². The molecule has 0 heterocycles. The van der Waals surface area contributed by atoms with Crippen molar-refractivity contribution in [1.82, 2.24) is 0 Å². The number of ether oxygens (including phenoxy) is 1. The molecule has 42 heavy (non-hydrogen) atoms. The summed E-state index contributed by atoms with van der Waals surface area (Å²) in [5.74, 6) is 0.163. The van der Waals surface area contributed by atoms with E-state index in [0.717, 1.165) is 42.0 Å². The van der Waals surface area contributed by atoms with Crippen LogP contribution in [0.1, 0.15) is 53.7 Å². The molecule has 0 aromatic heterocycles. The van der Waals surface area contributed by atoms with Gasteiger partial charge in [-0.25, -0.2) is 4.39 Å². The monoisotopic (exact) mass is 591 g/mol. The molecule has 1 unspecified atom stereocenters. The maximum Gasteiger partial charge on any atom is 0.416 e. The molecule has 222 valence electrons. The van der Waals surface area contributed by atoms with Gasteiger partial charge in [-0.1, -0.05) is 50.2 Å². The average Bonchev–Trinajstić information content (AvgIpc) is 2.93. The molecular weight excluding hydrogens is 563 g/mol. The summed E-state index contributed by atoms with van der Waals surface area (Å²) >= 11 is 0. The quantitative estimate of drug-likeness (QED) is 0.197. The Labute approximate surface area is 238 Å². The van der Waals surface area contributed by atoms with E-state index in [9.17, 15) is 35.8 Å². The summed E-state index contributed by atoms with van der Waals surface area (Å²) in [7, 11) is 0. The van der Waals surface area contributed by atoms with Gasteiger partial charge in [-0.2, -0.15) is 26.3 Å². The van der Waals surface area contributed by atoms with Gasteiger partial charge in [0.25, 0.3) is 0 Å². The summed E-state index contributed by atoms with van der Waals surface area (Å²) in [5.41, 5.74) is -0.412. The summed E-state index contributed by atoms with van der Waals surface area (Å²) in [6.45, 7) is 3.63. The van der Waals surface area contributed by atoms with Crippen LogP contribution >= 0.6 is 0 Å². The van der Waals surface area contributed by atoms with Gasteiger partial charge in [0.2, 0.25) is 0 Å². The molecule has 0 radical (unpaired) electrons. The lowest BCUT2D eigenvalue weighted by atomic mass is 10.0. The third-order valence-electron chi connectivity index (χ3n) is 6.70. The van der Waals surface area contributed by atoms with Crippen molar-refractivity contribution in [3.8, 4) is 11.5 Å². The Morgan fingerprint density at radius 2 is 1.31 bits per heavy atom. The molecule has 3 nitrogen and oxygen atoms in total. The molecule has 4 rings (SSSR count). The van der Waals surface area contributed by atoms with Gasteiger partial charge < -0.3 is 14.7 Å². The van der Waals surface area contributed by atoms with Crippen LogP contribution in [0.15, 0.2) is 91.0 Å². The molecule has 0 fully saturated rings. The minimum Gasteiger partial charge on any atom is -0.457 e. The molecule has 0 saturated carbocycles. The van der Waals surface area contributed by atoms with E-state index >= 15 is 0 Å². The third kappa shape index (κ3) is 7.82. The Bertz CT molecular complexity index is 1500. The zero-order valence-corrected chi connectivity index (χ0v) is 22.7. The van der Waals surface area contributed by atoms with Crippen LogP contribution in [0.4, 0.5) is 36.4 Å². The van der Waals surface area contributed by atoms with Crippen LogP contribution in [0.5, 0.6) is 11.5 Å². The van der Waals surface area contributed by atoms with E-state index < -0.39 is 35.4 Å². The highest BCUT2D eigenvalue weighted by Gasteiger charge is 2.32. The predicted octanol–water partition coefficient (Wildman–Crippen LogP) is 9.52. The summed E-state index contributed by atoms with van der Waals surface area (Å²) in [5, 5.41) is 10.9. The molecule has 0 aliphatic rings. The number of rotatable bonds is 9. The first-order valence-electron chi connectivity index (χ1n) is 13.0. The number of hydrogen-bond acceptors (Lipinski definition) is 3. The molecule has 0 spiro atoms. The molecule has 0 aliphatic carbocycles. The van der Waals surface area contributed by atoms with E-state index in [-0.39, 0.29) is 30.1 Å². The highest BCUT2D eigenvalue weighted by Crippen LogP contribution is 2.34. The second-order valence-corrected chi connectivity index (χ2v) is 10.1. The lowest BCUT2D eigenvalue weighted by Crippen LogP contribution is -2.28. The van der Waals surface area contributed by atoms with Crippen LogP contribution in [0.25, 0.3) is 0 Å². The highest BCUT2D eigenvalue weighted by atomic mass is 19.4. The highest BCUT2D eigenvalue weighted by molar-refractivity contribution is 5.53. The van der Waals surface area contributed by atoms with E-state index in [2.05, 4.69) is 0 Å². The van der Waals surface area contributed by atoms with E-state index in [4.69, 9.17) is 4.74 Å². The number of halogens is 7. The van der Waals surface area contributed by atoms with Gasteiger partial charge >= 0.3 is 12.4 Å². The van der Waals surface area contributed by atoms with Crippen molar-refractivity contribution in [2.75, 3.05) is 11.4 Å². The molecule has 10 heteroatoms. The fraction of sp³-hybridized carbons (Fsp3) is 0.250. The SMILES string of the molecule is CC(C)c1cccc(Oc2cccc(N(Cc3ccc(C(F)(F)F)cc3F)CC(O)c3ccc(C(F)(F)F)cc3)c2)c1. The first-order valence-corrected chi connectivity index (χ1v) is 13.0. The zero-order chi connectivity index (χ0) is 30.7. The minimum absolute atomic E-state index is 0.0708. The zero-order valence-electron chi connectivity index (χ0n) is 22.7. The van der Waals surface area contributed by atoms with Crippen molar-refractivity contribution in [1.29, 1.82) is 0 Å². The van der Waals surface area contributed by atoms with E-state index in [0.29, 0.717) is 23.3 Å². The Kier molecular flexibility index (Phi) is 9.15. The summed E-state index contributed by atoms with van der Waals surface area (Å²) in [6.07, 6.45) is -10.6. The van der Waals surface area contributed by atoms with E-state index in [1.807, 2.05) is 32.0 Å². The molecule has 4 aromatic rings. The fourth-order valence-electron chi connectivity index (χ4n) is 4.34. The van der Waals surface area contributed by atoms with Crippen molar-refractivity contribution < 1.29 is 40.6 Å². The number of hydrogen-bond donors (Lipinski definition) is 1. The minimum atomic E-state index is -4.73. The predicted molar refractivity (Wildman–Crippen MR) is 146 cm³/mol. The molecule has 0 saturated heterocycles. The standard InChI is InChI=1S/C32H28F7NO2/c1-20(2)22-5-3-7-27(15-22)42-28-8-4-6-26(17-28)40(18-23-11-14-25(16-29(23)33)32(37,38)39)19-30(41)21-9-12-24(13-10-21)31(34,35)36/h3-17,20,30,41H,18-19H2,1-2H3. The smallest absolute Gasteiger partial charge is 0.416 e. The number of alkyl halides is 6. The second kappa shape index (κ2) is 12.4. The van der Waals surface area contributed by atoms with Crippen LogP contribution in [-0.4, -0.2) is 11.7 Å². The second-order valence-electron chi connectivity index (χ2n) is 10.1. The normalized spacial score (nSPS) is 12.8. The van der Waals surface area contributed by atoms with E-state index in [1.54, 1.807) is 30.3 Å². The Balaban J connectivity index is 1.65. The number of anilines is 1. The Hall–Kier alpha value is -4.05. The van der Waals surface area contributed by atoms with Crippen molar-refractivity contribution in [3.63, 3.8) is 0 Å². The largest absolute Gasteiger partial charge is 0.457 e. The first-order chi connectivity index (χ1) is 19.7. The van der Waals surface area contributed by atoms with Crippen molar-refractivity contribution in [3.05, 3.63) is 125 Å². The maximum absolute atomic E-state index is 14.8. The van der Waals surface area contributed by atoms with Gasteiger partial charge in [-0.3, -0.25) is 0 Å². The first kappa shape index (κ1) is 30.9. The summed E-state index contributed by atoms with van der Waals surface area (Å²) in [4.78, 5) is 1.52. The number of aliphatic hydroxyl groups is 1. The summed E-state index contributed by atoms with van der Waals surface area (Å²) < 4.78 is 99.1. The van der Waals surface area contributed by atoms with Crippen molar-refractivity contribution in [2.24, 2.45) is 0 Å². The summed E-state index contributed by atoms with van der Waals surface area (Å²) in [6, 6.07) is 20.3. The van der Waals surface area contributed by atoms with Crippen LogP contribution < -0.4 is 9.64 Å². The van der Waals surface area contributed by atoms with E-state index in [1.165, 1.54) is 4.90 Å². The topological polar surface area (TPSA) is 32.7 Å². The van der Waals surface area contributed by atoms with Gasteiger partial charge in [0, 0.05) is 30.4 Å². The molecule has 0 amide bonds. The average molecular weight is 592 g/mol. The van der Waals surface area contributed by atoms with Gasteiger partial charge in [0.05, 0.1) is 17.2 Å². The molecule has 1 N–H and O–H groups in total. The lowest BCUT2D eigenvalue weighted by Gasteiger charge is -2.28. The molecule has 0 aliphatic heterocycles. The van der Waals surface area contributed by atoms with Gasteiger partial charge in [-0.05, 0) is 65.6 Å². The van der Waals surface area contributed by atoms with Gasteiger partial charge in [0.15, 0.2) is 0 Å². The Morgan fingerprint density at radius 3 is 1.90 bits per heavy atom. The van der Waals surface area contributed by atoms with Crippen molar-refractivity contribution >= 4 is 5.69 Å². The van der Waals surface area contributed by atoms with Crippen LogP contribution in [-0.2, 0) is 18.9 Å². The van der Waals surface area contributed by atoms with Crippen LogP contribution in [0.2, 0.25) is 0 Å². The number of nitrogens with zero attached hydrogens (tertiary/aromatic N) is 1. The number of aliphatic hydroxyl groups excluding tert-OH is 1. The molecule has 0 bridgehead atoms. The van der Waals surface area contributed by atoms with Crippen molar-refractivity contribution in [2.45, 2.75) is 44.8 Å². The third-order valence-corrected chi connectivity index (χ3v) is 6.70. The van der Waals surface area contributed by atoms with Gasteiger partial charge in [0.1, 0.15) is 17.3 Å². The Morgan fingerprint density at radius 1 is 0.714 bits per heavy atom. The van der Waals surface area contributed by atoms with Crippen LogP contribution in [0, 0.1) is 5.82 Å². The number of benzene rings is 4. The molecule has 1 atom stereocenters. The molecular formula is C32H28F7NO2. The fourth-order valence-corrected chi connectivity index (χ4v) is 4.34. The van der Waals surface area contributed by atoms with Crippen LogP contribution in [0.3, 0.4) is 0 Å². The molecule has 4 aromatic carbocycles. The lowest BCUT2D eigenvalue weighted by molar-refractivity contribution is -0.138. The maximum atomic E-state index is 14.8.